The molecule has 0 spiro atoms. The lowest BCUT2D eigenvalue weighted by Crippen LogP contribution is -2.48. The number of rotatable bonds is 3. The van der Waals surface area contributed by atoms with E-state index in [-0.39, 0.29) is 0 Å². The molecule has 5 atom stereocenters. The molecule has 2 N–H and O–H groups in total. The predicted octanol–water partition coefficient (Wildman–Crippen LogP) is 3.34. The maximum Gasteiger partial charge on any atom is 0.0774 e. The molecule has 2 aliphatic carbocycles. The minimum Gasteiger partial charge on any atom is -0.389 e. The van der Waals surface area contributed by atoms with E-state index in [1.165, 1.54) is 32.1 Å². The molecule has 18 heavy (non-hydrogen) atoms. The van der Waals surface area contributed by atoms with Gasteiger partial charge in [-0.25, -0.2) is 0 Å². The fraction of sp³-hybridized carbons (Fsp3) is 1.00. The highest BCUT2D eigenvalue weighted by Gasteiger charge is 2.33. The maximum atomic E-state index is 10.6. The minimum atomic E-state index is -0.427. The molecule has 0 aromatic heterocycles. The Labute approximate surface area is 113 Å². The molecular formula is C16H31NO. The van der Waals surface area contributed by atoms with Crippen LogP contribution in [0, 0.1) is 17.8 Å². The highest BCUT2D eigenvalue weighted by molar-refractivity contribution is 4.89. The summed E-state index contributed by atoms with van der Waals surface area (Å²) in [6.45, 7) is 7.82. The Hall–Kier alpha value is -0.0800. The second kappa shape index (κ2) is 5.92. The van der Waals surface area contributed by atoms with E-state index in [1.54, 1.807) is 0 Å². The molecule has 2 fully saturated rings. The van der Waals surface area contributed by atoms with Crippen LogP contribution in [0.3, 0.4) is 0 Å². The van der Waals surface area contributed by atoms with Crippen LogP contribution in [-0.2, 0) is 0 Å². The molecule has 0 saturated heterocycles. The third-order valence-electron chi connectivity index (χ3n) is 5.39. The van der Waals surface area contributed by atoms with E-state index in [1.807, 2.05) is 0 Å². The zero-order valence-corrected chi connectivity index (χ0v) is 12.4. The van der Waals surface area contributed by atoms with Gasteiger partial charge in [0.2, 0.25) is 0 Å². The van der Waals surface area contributed by atoms with Crippen LogP contribution in [0.4, 0.5) is 0 Å². The first-order valence-electron chi connectivity index (χ1n) is 7.94. The lowest BCUT2D eigenvalue weighted by Gasteiger charge is -2.39. The molecule has 2 aliphatic rings. The summed E-state index contributed by atoms with van der Waals surface area (Å²) in [7, 11) is 0. The summed E-state index contributed by atoms with van der Waals surface area (Å²) >= 11 is 0. The molecule has 2 nitrogen and oxygen atoms in total. The third kappa shape index (κ3) is 3.71. The standard InChI is InChI=1S/C16H31NO/c1-12-5-4-8-16(18,10-12)11-17-15-7-6-13(2)14(3)9-15/h12-15,17-18H,4-11H2,1-3H3. The molecule has 0 amide bonds. The number of nitrogens with one attached hydrogen (secondary N) is 1. The second-order valence-corrected chi connectivity index (χ2v) is 7.27. The van der Waals surface area contributed by atoms with E-state index in [0.29, 0.717) is 12.0 Å². The van der Waals surface area contributed by atoms with E-state index in [9.17, 15) is 5.11 Å². The maximum absolute atomic E-state index is 10.6. The summed E-state index contributed by atoms with van der Waals surface area (Å²) in [4.78, 5) is 0. The van der Waals surface area contributed by atoms with Gasteiger partial charge in [-0.1, -0.05) is 33.6 Å². The molecule has 0 aromatic carbocycles. The Morgan fingerprint density at radius 2 is 1.89 bits per heavy atom. The molecular weight excluding hydrogens is 222 g/mol. The molecule has 106 valence electrons. The first-order valence-corrected chi connectivity index (χ1v) is 7.94. The molecule has 0 aliphatic heterocycles. The van der Waals surface area contributed by atoms with Crippen LogP contribution in [0.15, 0.2) is 0 Å². The Bertz CT molecular complexity index is 268. The topological polar surface area (TPSA) is 32.3 Å². The monoisotopic (exact) mass is 253 g/mol. The molecule has 2 rings (SSSR count). The average molecular weight is 253 g/mol. The van der Waals surface area contributed by atoms with Gasteiger partial charge in [0.15, 0.2) is 0 Å². The van der Waals surface area contributed by atoms with Gasteiger partial charge < -0.3 is 10.4 Å². The van der Waals surface area contributed by atoms with E-state index in [4.69, 9.17) is 0 Å². The van der Waals surface area contributed by atoms with Gasteiger partial charge in [-0.3, -0.25) is 0 Å². The van der Waals surface area contributed by atoms with Crippen molar-refractivity contribution in [3.63, 3.8) is 0 Å². The van der Waals surface area contributed by atoms with Crippen molar-refractivity contribution in [1.82, 2.24) is 5.32 Å². The van der Waals surface area contributed by atoms with Crippen LogP contribution >= 0.6 is 0 Å². The van der Waals surface area contributed by atoms with E-state index in [0.717, 1.165) is 31.2 Å². The van der Waals surface area contributed by atoms with Gasteiger partial charge in [-0.15, -0.1) is 0 Å². The molecule has 2 saturated carbocycles. The highest BCUT2D eigenvalue weighted by Crippen LogP contribution is 2.33. The Morgan fingerprint density at radius 3 is 2.56 bits per heavy atom. The first-order chi connectivity index (χ1) is 8.48. The van der Waals surface area contributed by atoms with Crippen molar-refractivity contribution in [3.8, 4) is 0 Å². The Morgan fingerprint density at radius 1 is 1.11 bits per heavy atom. The van der Waals surface area contributed by atoms with Crippen molar-refractivity contribution < 1.29 is 5.11 Å². The van der Waals surface area contributed by atoms with E-state index >= 15 is 0 Å². The average Bonchev–Trinajstić information content (AvgIpc) is 2.31. The number of hydrogen-bond acceptors (Lipinski definition) is 2. The van der Waals surface area contributed by atoms with Crippen molar-refractivity contribution in [1.29, 1.82) is 0 Å². The zero-order chi connectivity index (χ0) is 13.2. The molecule has 0 radical (unpaired) electrons. The highest BCUT2D eigenvalue weighted by atomic mass is 16.3. The summed E-state index contributed by atoms with van der Waals surface area (Å²) < 4.78 is 0. The van der Waals surface area contributed by atoms with Gasteiger partial charge in [0.05, 0.1) is 5.60 Å². The van der Waals surface area contributed by atoms with Gasteiger partial charge >= 0.3 is 0 Å². The van der Waals surface area contributed by atoms with Crippen molar-refractivity contribution in [2.45, 2.75) is 77.4 Å². The lowest BCUT2D eigenvalue weighted by atomic mass is 9.77. The van der Waals surface area contributed by atoms with Crippen LogP contribution in [0.5, 0.6) is 0 Å². The minimum absolute atomic E-state index is 0.427. The summed E-state index contributed by atoms with van der Waals surface area (Å²) in [6, 6.07) is 0.637. The van der Waals surface area contributed by atoms with Crippen molar-refractivity contribution in [3.05, 3.63) is 0 Å². The molecule has 0 heterocycles. The predicted molar refractivity (Wildman–Crippen MR) is 76.6 cm³/mol. The van der Waals surface area contributed by atoms with E-state index in [2.05, 4.69) is 26.1 Å². The normalized spacial score (nSPS) is 46.0. The second-order valence-electron chi connectivity index (χ2n) is 7.27. The van der Waals surface area contributed by atoms with Gasteiger partial charge in [0.1, 0.15) is 0 Å². The first kappa shape index (κ1) is 14.3. The van der Waals surface area contributed by atoms with Crippen molar-refractivity contribution >= 4 is 0 Å². The summed E-state index contributed by atoms with van der Waals surface area (Å²) in [5.74, 6) is 2.40. The van der Waals surface area contributed by atoms with Gasteiger partial charge in [0, 0.05) is 12.6 Å². The lowest BCUT2D eigenvalue weighted by molar-refractivity contribution is -0.0155. The summed E-state index contributed by atoms with van der Waals surface area (Å²) in [5, 5.41) is 14.3. The quantitative estimate of drug-likeness (QED) is 0.808. The van der Waals surface area contributed by atoms with Gasteiger partial charge in [0.25, 0.3) is 0 Å². The fourth-order valence-corrected chi connectivity index (χ4v) is 3.86. The van der Waals surface area contributed by atoms with Crippen LogP contribution in [0.1, 0.15) is 65.7 Å². The molecule has 0 aromatic rings. The fourth-order valence-electron chi connectivity index (χ4n) is 3.86. The molecule has 5 unspecified atom stereocenters. The summed E-state index contributed by atoms with van der Waals surface area (Å²) in [5.41, 5.74) is -0.427. The van der Waals surface area contributed by atoms with E-state index < -0.39 is 5.60 Å². The van der Waals surface area contributed by atoms with Gasteiger partial charge in [-0.2, -0.15) is 0 Å². The number of aliphatic hydroxyl groups is 1. The van der Waals surface area contributed by atoms with Crippen LogP contribution in [0.2, 0.25) is 0 Å². The Kier molecular flexibility index (Phi) is 4.71. The largest absolute Gasteiger partial charge is 0.389 e. The molecule has 0 bridgehead atoms. The number of hydrogen-bond donors (Lipinski definition) is 2. The van der Waals surface area contributed by atoms with Crippen molar-refractivity contribution in [2.24, 2.45) is 17.8 Å². The smallest absolute Gasteiger partial charge is 0.0774 e. The zero-order valence-electron chi connectivity index (χ0n) is 12.4. The Balaban J connectivity index is 1.77. The van der Waals surface area contributed by atoms with Crippen LogP contribution < -0.4 is 5.32 Å². The van der Waals surface area contributed by atoms with Gasteiger partial charge in [-0.05, 0) is 49.9 Å². The SMILES string of the molecule is CC1CCCC(O)(CNC2CCC(C)C(C)C2)C1. The third-order valence-corrected chi connectivity index (χ3v) is 5.39. The van der Waals surface area contributed by atoms with Crippen molar-refractivity contribution in [2.75, 3.05) is 6.54 Å². The molecule has 2 heteroatoms. The van der Waals surface area contributed by atoms with Crippen LogP contribution in [0.25, 0.3) is 0 Å². The summed E-state index contributed by atoms with van der Waals surface area (Å²) in [6.07, 6.45) is 8.37. The van der Waals surface area contributed by atoms with Crippen LogP contribution in [-0.4, -0.2) is 23.3 Å².